The standard InChI is InChI=1S/C19H12ClF3N4O4/c20-11-8-27(7-9-3-1-2-4-10(9)19(21,22)23)16-12(5-24)26-15(17(30)14(11)16)18(31)25-6-13(28)29/h1-4,8,30H,6-7H2,(H,25,31)(H,28,29). The number of carboxylic acids is 1. The number of carbonyl (C=O) groups is 2. The molecule has 0 aliphatic rings. The van der Waals surface area contributed by atoms with Crippen molar-refractivity contribution in [2.45, 2.75) is 12.7 Å². The Labute approximate surface area is 177 Å². The number of fused-ring (bicyclic) bond motifs is 1. The van der Waals surface area contributed by atoms with Crippen molar-refractivity contribution in [1.82, 2.24) is 14.9 Å². The lowest BCUT2D eigenvalue weighted by atomic mass is 10.1. The fourth-order valence-electron chi connectivity index (χ4n) is 3.06. The van der Waals surface area contributed by atoms with E-state index in [1.807, 2.05) is 5.32 Å². The number of alkyl halides is 3. The monoisotopic (exact) mass is 452 g/mol. The number of benzene rings is 1. The van der Waals surface area contributed by atoms with Crippen LogP contribution in [0.25, 0.3) is 10.9 Å². The second kappa shape index (κ2) is 8.16. The van der Waals surface area contributed by atoms with Crippen molar-refractivity contribution in [3.63, 3.8) is 0 Å². The highest BCUT2D eigenvalue weighted by atomic mass is 35.5. The Kier molecular flexibility index (Phi) is 5.77. The number of halogens is 4. The first-order valence-corrected chi connectivity index (χ1v) is 8.88. The van der Waals surface area contributed by atoms with E-state index in [1.165, 1.54) is 29.0 Å². The molecule has 0 atom stereocenters. The Morgan fingerprint density at radius 3 is 2.58 bits per heavy atom. The minimum atomic E-state index is -4.61. The van der Waals surface area contributed by atoms with Crippen LogP contribution in [0.15, 0.2) is 30.5 Å². The molecule has 160 valence electrons. The van der Waals surface area contributed by atoms with Crippen molar-refractivity contribution in [2.75, 3.05) is 6.54 Å². The number of aromatic hydroxyl groups is 1. The van der Waals surface area contributed by atoms with Crippen LogP contribution in [0.4, 0.5) is 13.2 Å². The van der Waals surface area contributed by atoms with Gasteiger partial charge in [-0.1, -0.05) is 29.8 Å². The Bertz CT molecular complexity index is 1250. The Hall–Kier alpha value is -3.78. The summed E-state index contributed by atoms with van der Waals surface area (Å²) in [7, 11) is 0. The fourth-order valence-corrected chi connectivity index (χ4v) is 3.35. The molecule has 3 rings (SSSR count). The van der Waals surface area contributed by atoms with Gasteiger partial charge in [0.05, 0.1) is 21.5 Å². The lowest BCUT2D eigenvalue weighted by Gasteiger charge is -2.14. The number of carbonyl (C=O) groups excluding carboxylic acids is 1. The number of rotatable bonds is 5. The molecule has 0 fully saturated rings. The zero-order chi connectivity index (χ0) is 22.9. The predicted octanol–water partition coefficient (Wildman–Crippen LogP) is 3.15. The molecule has 3 N–H and O–H groups in total. The van der Waals surface area contributed by atoms with Gasteiger partial charge in [-0.25, -0.2) is 4.98 Å². The first-order chi connectivity index (χ1) is 14.5. The lowest BCUT2D eigenvalue weighted by molar-refractivity contribution is -0.138. The summed E-state index contributed by atoms with van der Waals surface area (Å²) in [4.78, 5) is 26.6. The van der Waals surface area contributed by atoms with Gasteiger partial charge in [0, 0.05) is 12.7 Å². The van der Waals surface area contributed by atoms with Gasteiger partial charge in [-0.15, -0.1) is 0 Å². The molecule has 2 heterocycles. The molecule has 0 saturated heterocycles. The molecule has 8 nitrogen and oxygen atoms in total. The van der Waals surface area contributed by atoms with E-state index < -0.39 is 41.6 Å². The van der Waals surface area contributed by atoms with Gasteiger partial charge >= 0.3 is 12.1 Å². The second-order valence-corrected chi connectivity index (χ2v) is 6.74. The van der Waals surface area contributed by atoms with Crippen LogP contribution in [-0.2, 0) is 17.5 Å². The van der Waals surface area contributed by atoms with Crippen LogP contribution in [0, 0.1) is 11.3 Å². The number of aliphatic carboxylic acids is 1. The lowest BCUT2D eigenvalue weighted by Crippen LogP contribution is -2.30. The van der Waals surface area contributed by atoms with Gasteiger partial charge in [-0.05, 0) is 11.6 Å². The van der Waals surface area contributed by atoms with Crippen molar-refractivity contribution in [3.05, 3.63) is 58.0 Å². The number of carboxylic acid groups (broad SMARTS) is 1. The van der Waals surface area contributed by atoms with Crippen molar-refractivity contribution in [3.8, 4) is 11.8 Å². The van der Waals surface area contributed by atoms with E-state index in [0.717, 1.165) is 6.07 Å². The van der Waals surface area contributed by atoms with Gasteiger partial charge in [0.25, 0.3) is 5.91 Å². The number of pyridine rings is 1. The Balaban J connectivity index is 2.15. The SMILES string of the molecule is N#Cc1nc(C(=O)NCC(=O)O)c(O)c2c(Cl)cn(Cc3ccccc3C(F)(F)F)c12. The van der Waals surface area contributed by atoms with Gasteiger partial charge in [-0.3, -0.25) is 9.59 Å². The third kappa shape index (κ3) is 4.24. The van der Waals surface area contributed by atoms with Crippen LogP contribution in [0.5, 0.6) is 5.75 Å². The smallest absolute Gasteiger partial charge is 0.416 e. The molecule has 0 aliphatic heterocycles. The molecule has 12 heteroatoms. The summed E-state index contributed by atoms with van der Waals surface area (Å²) in [6, 6.07) is 6.55. The van der Waals surface area contributed by atoms with Gasteiger partial charge in [0.1, 0.15) is 12.6 Å². The molecule has 1 aromatic carbocycles. The van der Waals surface area contributed by atoms with Crippen LogP contribution in [0.3, 0.4) is 0 Å². The van der Waals surface area contributed by atoms with Crippen LogP contribution in [-0.4, -0.2) is 38.2 Å². The Morgan fingerprint density at radius 1 is 1.29 bits per heavy atom. The van der Waals surface area contributed by atoms with E-state index in [-0.39, 0.29) is 33.7 Å². The number of nitrogens with zero attached hydrogens (tertiary/aromatic N) is 3. The molecule has 2 aromatic heterocycles. The van der Waals surface area contributed by atoms with E-state index in [4.69, 9.17) is 16.7 Å². The number of aromatic nitrogens is 2. The Morgan fingerprint density at radius 2 is 1.97 bits per heavy atom. The molecule has 0 radical (unpaired) electrons. The highest BCUT2D eigenvalue weighted by molar-refractivity contribution is 6.36. The van der Waals surface area contributed by atoms with Crippen molar-refractivity contribution >= 4 is 34.4 Å². The van der Waals surface area contributed by atoms with Crippen molar-refractivity contribution in [2.24, 2.45) is 0 Å². The normalized spacial score (nSPS) is 11.3. The number of nitrogens with one attached hydrogen (secondary N) is 1. The van der Waals surface area contributed by atoms with Crippen molar-refractivity contribution < 1.29 is 33.0 Å². The maximum atomic E-state index is 13.3. The first kappa shape index (κ1) is 21.9. The van der Waals surface area contributed by atoms with E-state index in [2.05, 4.69) is 4.98 Å². The number of hydrogen-bond donors (Lipinski definition) is 3. The van der Waals surface area contributed by atoms with Crippen LogP contribution in [0.1, 0.15) is 27.3 Å². The largest absolute Gasteiger partial charge is 0.505 e. The maximum Gasteiger partial charge on any atom is 0.416 e. The molecule has 1 amide bonds. The summed E-state index contributed by atoms with van der Waals surface area (Å²) < 4.78 is 41.2. The van der Waals surface area contributed by atoms with Gasteiger partial charge < -0.3 is 20.1 Å². The van der Waals surface area contributed by atoms with Crippen LogP contribution < -0.4 is 5.32 Å². The molecule has 31 heavy (non-hydrogen) atoms. The van der Waals surface area contributed by atoms with Gasteiger partial charge in [0.15, 0.2) is 17.1 Å². The average Bonchev–Trinajstić information content (AvgIpc) is 3.02. The minimum Gasteiger partial charge on any atom is -0.505 e. The highest BCUT2D eigenvalue weighted by Crippen LogP contribution is 2.38. The maximum absolute atomic E-state index is 13.3. The van der Waals surface area contributed by atoms with E-state index >= 15 is 0 Å². The molecule has 0 spiro atoms. The van der Waals surface area contributed by atoms with Crippen molar-refractivity contribution in [1.29, 1.82) is 5.26 Å². The predicted molar refractivity (Wildman–Crippen MR) is 102 cm³/mol. The quantitative estimate of drug-likeness (QED) is 0.545. The van der Waals surface area contributed by atoms with Crippen LogP contribution >= 0.6 is 11.6 Å². The van der Waals surface area contributed by atoms with Crippen LogP contribution in [0.2, 0.25) is 5.02 Å². The highest BCUT2D eigenvalue weighted by Gasteiger charge is 2.33. The molecule has 0 unspecified atom stereocenters. The summed E-state index contributed by atoms with van der Waals surface area (Å²) in [5.41, 5.74) is -2.09. The topological polar surface area (TPSA) is 128 Å². The number of hydrogen-bond acceptors (Lipinski definition) is 5. The summed E-state index contributed by atoms with van der Waals surface area (Å²) in [6.07, 6.45) is -3.41. The average molecular weight is 453 g/mol. The third-order valence-corrected chi connectivity index (χ3v) is 4.61. The van der Waals surface area contributed by atoms with E-state index in [9.17, 15) is 33.1 Å². The second-order valence-electron chi connectivity index (χ2n) is 6.33. The van der Waals surface area contributed by atoms with E-state index in [1.54, 1.807) is 6.07 Å². The van der Waals surface area contributed by atoms with Gasteiger partial charge in [0.2, 0.25) is 0 Å². The zero-order valence-corrected chi connectivity index (χ0v) is 16.1. The molecule has 0 aliphatic carbocycles. The van der Waals surface area contributed by atoms with Gasteiger partial charge in [-0.2, -0.15) is 18.4 Å². The minimum absolute atomic E-state index is 0.0724. The molecular weight excluding hydrogens is 441 g/mol. The molecular formula is C19H12ClF3N4O4. The summed E-state index contributed by atoms with van der Waals surface area (Å²) in [5, 5.41) is 30.3. The molecule has 0 saturated carbocycles. The summed E-state index contributed by atoms with van der Waals surface area (Å²) >= 11 is 6.15. The van der Waals surface area contributed by atoms with E-state index in [0.29, 0.717) is 0 Å². The summed E-state index contributed by atoms with van der Waals surface area (Å²) in [5.74, 6) is -3.14. The number of nitriles is 1. The zero-order valence-electron chi connectivity index (χ0n) is 15.4. The molecule has 3 aromatic rings. The third-order valence-electron chi connectivity index (χ3n) is 4.33. The fraction of sp³-hybridized carbons (Fsp3) is 0.158. The number of amides is 1. The first-order valence-electron chi connectivity index (χ1n) is 8.51. The summed E-state index contributed by atoms with van der Waals surface area (Å²) in [6.45, 7) is -1.11. The molecule has 0 bridgehead atoms.